The first kappa shape index (κ1) is 22.6. The fourth-order valence-corrected chi connectivity index (χ4v) is 3.56. The molecule has 33 heavy (non-hydrogen) atoms. The number of carboxylic acids is 1. The first-order valence-electron chi connectivity index (χ1n) is 9.73. The lowest BCUT2D eigenvalue weighted by atomic mass is 9.99. The van der Waals surface area contributed by atoms with E-state index < -0.39 is 47.9 Å². The van der Waals surface area contributed by atoms with E-state index >= 15 is 0 Å². The number of fused-ring (bicyclic) bond motifs is 1. The summed E-state index contributed by atoms with van der Waals surface area (Å²) in [6.45, 7) is 0. The molecule has 3 aromatic rings. The van der Waals surface area contributed by atoms with E-state index in [0.717, 1.165) is 6.07 Å². The average Bonchev–Trinajstić information content (AvgIpc) is 2.79. The van der Waals surface area contributed by atoms with Crippen LogP contribution in [0.25, 0.3) is 22.3 Å². The van der Waals surface area contributed by atoms with Gasteiger partial charge in [-0.3, -0.25) is 4.79 Å². The summed E-state index contributed by atoms with van der Waals surface area (Å²) in [5.41, 5.74) is -0.174. The van der Waals surface area contributed by atoms with Crippen molar-refractivity contribution in [2.24, 2.45) is 0 Å². The fraction of sp³-hybridized carbons (Fsp3) is 0.273. The maximum atomic E-state index is 12.7. The third kappa shape index (κ3) is 3.98. The van der Waals surface area contributed by atoms with E-state index in [9.17, 15) is 35.1 Å². The Hall–Kier alpha value is -3.64. The van der Waals surface area contributed by atoms with Gasteiger partial charge in [-0.1, -0.05) is 30.3 Å². The molecule has 1 fully saturated rings. The molecule has 1 aliphatic rings. The Bertz CT molecular complexity index is 1240. The Kier molecular flexibility index (Phi) is 5.95. The number of rotatable bonds is 5. The maximum Gasteiger partial charge on any atom is 0.229 e. The van der Waals surface area contributed by atoms with Crippen LogP contribution in [-0.4, -0.2) is 64.2 Å². The lowest BCUT2D eigenvalue weighted by molar-refractivity contribution is -0.342. The molecule has 0 bridgehead atoms. The predicted octanol–water partition coefficient (Wildman–Crippen LogP) is -0.889. The number of carbonyl (C=O) groups is 1. The van der Waals surface area contributed by atoms with Crippen molar-refractivity contribution < 1.29 is 49.0 Å². The topological polar surface area (TPSA) is 179 Å². The summed E-state index contributed by atoms with van der Waals surface area (Å²) in [6.07, 6.45) is -9.59. The number of methoxy groups -OCH3 is 1. The minimum absolute atomic E-state index is 0.168. The molecule has 11 nitrogen and oxygen atoms in total. The summed E-state index contributed by atoms with van der Waals surface area (Å²) in [5, 5.41) is 51.4. The summed E-state index contributed by atoms with van der Waals surface area (Å²) in [7, 11) is 1.23. The smallest absolute Gasteiger partial charge is 0.229 e. The van der Waals surface area contributed by atoms with E-state index in [1.54, 1.807) is 30.3 Å². The Morgan fingerprint density at radius 1 is 1.06 bits per heavy atom. The molecule has 0 radical (unpaired) electrons. The van der Waals surface area contributed by atoms with E-state index in [-0.39, 0.29) is 28.2 Å². The molecule has 1 aromatic heterocycles. The van der Waals surface area contributed by atoms with Gasteiger partial charge in [-0.15, -0.1) is 0 Å². The molecule has 174 valence electrons. The zero-order valence-corrected chi connectivity index (χ0v) is 17.1. The van der Waals surface area contributed by atoms with Crippen molar-refractivity contribution in [3.8, 4) is 28.6 Å². The largest absolute Gasteiger partial charge is 0.547 e. The normalized spacial score (nSPS) is 25.0. The molecule has 11 heteroatoms. The average molecular weight is 459 g/mol. The highest BCUT2D eigenvalue weighted by Gasteiger charge is 2.46. The van der Waals surface area contributed by atoms with Crippen molar-refractivity contribution in [2.75, 3.05) is 7.11 Å². The first-order valence-corrected chi connectivity index (χ1v) is 9.73. The van der Waals surface area contributed by atoms with Crippen LogP contribution in [0.15, 0.2) is 51.7 Å². The van der Waals surface area contributed by atoms with E-state index in [4.69, 9.17) is 18.6 Å². The zero-order valence-electron chi connectivity index (χ0n) is 17.1. The molecule has 0 saturated carbocycles. The van der Waals surface area contributed by atoms with Crippen LogP contribution in [0.4, 0.5) is 0 Å². The third-order valence-electron chi connectivity index (χ3n) is 5.21. The number of phenolic OH excluding ortho intramolecular Hbond substituents is 1. The van der Waals surface area contributed by atoms with Crippen LogP contribution in [0.3, 0.4) is 0 Å². The summed E-state index contributed by atoms with van der Waals surface area (Å²) in [4.78, 5) is 23.9. The molecule has 4 N–H and O–H groups in total. The van der Waals surface area contributed by atoms with Crippen LogP contribution in [0.5, 0.6) is 17.2 Å². The Morgan fingerprint density at radius 3 is 2.39 bits per heavy atom. The van der Waals surface area contributed by atoms with E-state index in [1.807, 2.05) is 0 Å². The van der Waals surface area contributed by atoms with Gasteiger partial charge in [-0.2, -0.15) is 0 Å². The Morgan fingerprint density at radius 2 is 1.76 bits per heavy atom. The van der Waals surface area contributed by atoms with Crippen LogP contribution in [0.1, 0.15) is 0 Å². The molecule has 0 spiro atoms. The summed E-state index contributed by atoms with van der Waals surface area (Å²) < 4.78 is 21.7. The molecular formula is C22H19O11-. The first-order chi connectivity index (χ1) is 15.7. The Labute approximate surface area is 185 Å². The minimum Gasteiger partial charge on any atom is -0.547 e. The Balaban J connectivity index is 1.81. The number of aliphatic carboxylic acids is 1. The second-order valence-electron chi connectivity index (χ2n) is 7.31. The molecule has 0 unspecified atom stereocenters. The van der Waals surface area contributed by atoms with E-state index in [0.29, 0.717) is 5.56 Å². The number of hydrogen-bond acceptors (Lipinski definition) is 11. The predicted molar refractivity (Wildman–Crippen MR) is 108 cm³/mol. The number of hydrogen-bond donors (Lipinski definition) is 4. The van der Waals surface area contributed by atoms with Gasteiger partial charge in [0.15, 0.2) is 16.8 Å². The number of aliphatic hydroxyl groups excluding tert-OH is 3. The van der Waals surface area contributed by atoms with E-state index in [1.165, 1.54) is 13.2 Å². The maximum absolute atomic E-state index is 12.7. The number of carbonyl (C=O) groups excluding carboxylic acids is 1. The molecule has 1 aliphatic heterocycles. The van der Waals surface area contributed by atoms with Crippen molar-refractivity contribution in [3.63, 3.8) is 0 Å². The highest BCUT2D eigenvalue weighted by atomic mass is 16.7. The molecular weight excluding hydrogens is 440 g/mol. The number of aromatic hydroxyl groups is 1. The van der Waals surface area contributed by atoms with Crippen LogP contribution in [0, 0.1) is 0 Å². The van der Waals surface area contributed by atoms with Crippen LogP contribution in [0.2, 0.25) is 0 Å². The lowest BCUT2D eigenvalue weighted by Gasteiger charge is -2.40. The second-order valence-corrected chi connectivity index (χ2v) is 7.31. The van der Waals surface area contributed by atoms with Crippen molar-refractivity contribution in [1.29, 1.82) is 0 Å². The summed E-state index contributed by atoms with van der Waals surface area (Å²) >= 11 is 0. The van der Waals surface area contributed by atoms with Gasteiger partial charge < -0.3 is 49.0 Å². The molecule has 1 saturated heterocycles. The quantitative estimate of drug-likeness (QED) is 0.372. The highest BCUT2D eigenvalue weighted by Crippen LogP contribution is 2.42. The number of carboxylic acid groups (broad SMARTS) is 1. The van der Waals surface area contributed by atoms with Gasteiger partial charge in [0.1, 0.15) is 41.3 Å². The highest BCUT2D eigenvalue weighted by molar-refractivity contribution is 5.91. The van der Waals surface area contributed by atoms with Crippen molar-refractivity contribution >= 4 is 16.9 Å². The van der Waals surface area contributed by atoms with Crippen molar-refractivity contribution in [2.45, 2.75) is 30.7 Å². The number of ether oxygens (including phenoxy) is 3. The minimum atomic E-state index is -2.00. The van der Waals surface area contributed by atoms with Gasteiger partial charge in [0.25, 0.3) is 0 Å². The van der Waals surface area contributed by atoms with Crippen molar-refractivity contribution in [1.82, 2.24) is 0 Å². The molecule has 0 aliphatic carbocycles. The van der Waals surface area contributed by atoms with Gasteiger partial charge in [-0.05, 0) is 0 Å². The van der Waals surface area contributed by atoms with Crippen LogP contribution >= 0.6 is 0 Å². The van der Waals surface area contributed by atoms with Gasteiger partial charge in [0.05, 0.1) is 13.1 Å². The number of phenols is 1. The van der Waals surface area contributed by atoms with Crippen molar-refractivity contribution in [3.05, 3.63) is 52.7 Å². The summed E-state index contributed by atoms with van der Waals surface area (Å²) in [5.74, 6) is -2.67. The van der Waals surface area contributed by atoms with Gasteiger partial charge >= 0.3 is 0 Å². The van der Waals surface area contributed by atoms with E-state index in [2.05, 4.69) is 0 Å². The molecule has 2 aromatic carbocycles. The fourth-order valence-electron chi connectivity index (χ4n) is 3.56. The zero-order chi connectivity index (χ0) is 23.9. The van der Waals surface area contributed by atoms with Crippen LogP contribution < -0.4 is 20.0 Å². The van der Waals surface area contributed by atoms with Crippen LogP contribution in [-0.2, 0) is 9.53 Å². The van der Waals surface area contributed by atoms with Gasteiger partial charge in [-0.25, -0.2) is 0 Å². The number of aliphatic hydroxyl groups is 3. The molecule has 5 atom stereocenters. The molecule has 2 heterocycles. The standard InChI is InChI=1S/C22H20O11/c1-30-18-13(32-22-17(27)15(25)16(26)20(33-22)21(28)29)8-11(24)14-10(23)7-12(31-19(14)18)9-5-3-2-4-6-9/h2-8,15-17,20,22,24-27H,1H3,(H,28,29)/p-1/t15-,16-,17+,20-,22+/m0/s1. The van der Waals surface area contributed by atoms with Gasteiger partial charge in [0.2, 0.25) is 12.0 Å². The summed E-state index contributed by atoms with van der Waals surface area (Å²) in [6, 6.07) is 10.9. The lowest BCUT2D eigenvalue weighted by Crippen LogP contribution is -2.63. The molecule has 4 rings (SSSR count). The second kappa shape index (κ2) is 8.71. The monoisotopic (exact) mass is 459 g/mol. The molecule has 0 amide bonds. The van der Waals surface area contributed by atoms with Gasteiger partial charge in [0, 0.05) is 17.7 Å². The third-order valence-corrected chi connectivity index (χ3v) is 5.21. The number of benzene rings is 2. The SMILES string of the molecule is COc1c(O[C@@H]2O[C@H](C(=O)[O-])[C@@H](O)[C@H](O)[C@H]2O)cc(O)c2c(=O)cc(-c3ccccc3)oc12.